The zero-order valence-corrected chi connectivity index (χ0v) is 21.7. The van der Waals surface area contributed by atoms with Crippen LogP contribution in [0, 0.1) is 23.7 Å². The Labute approximate surface area is 213 Å². The molecule has 0 unspecified atom stereocenters. The Kier molecular flexibility index (Phi) is 8.93. The molecule has 196 valence electrons. The lowest BCUT2D eigenvalue weighted by Crippen LogP contribution is -2.56. The number of rotatable bonds is 9. The lowest BCUT2D eigenvalue weighted by Gasteiger charge is -2.43. The molecule has 8 atom stereocenters. The normalized spacial score (nSPS) is 30.8. The number of fused-ring (bicyclic) bond motifs is 1. The van der Waals surface area contributed by atoms with Crippen molar-refractivity contribution in [2.45, 2.75) is 64.4 Å². The molecule has 1 amide bonds. The fraction of sp³-hybridized carbons (Fsp3) is 0.517. The van der Waals surface area contributed by atoms with Crippen molar-refractivity contribution in [1.82, 2.24) is 5.32 Å². The summed E-state index contributed by atoms with van der Waals surface area (Å²) in [7, 11) is 1.30. The van der Waals surface area contributed by atoms with Gasteiger partial charge in [-0.05, 0) is 43.7 Å². The number of methoxy groups -OCH3 is 1. The average Bonchev–Trinajstić information content (AvgIpc) is 3.12. The van der Waals surface area contributed by atoms with Gasteiger partial charge in [0.1, 0.15) is 0 Å². The third-order valence-electron chi connectivity index (χ3n) is 7.95. The molecule has 1 fully saturated rings. The van der Waals surface area contributed by atoms with Gasteiger partial charge in [-0.1, -0.05) is 68.0 Å². The van der Waals surface area contributed by atoms with Gasteiger partial charge in [-0.15, -0.1) is 0 Å². The van der Waals surface area contributed by atoms with E-state index in [0.717, 1.165) is 16.7 Å². The molecule has 7 heteroatoms. The molecule has 0 bridgehead atoms. The molecule has 1 saturated heterocycles. The molecule has 4 N–H and O–H groups in total. The van der Waals surface area contributed by atoms with Gasteiger partial charge < -0.3 is 25.4 Å². The van der Waals surface area contributed by atoms with E-state index in [2.05, 4.69) is 10.1 Å². The lowest BCUT2D eigenvalue weighted by atomic mass is 9.63. The van der Waals surface area contributed by atoms with Gasteiger partial charge >= 0.3 is 5.97 Å². The van der Waals surface area contributed by atoms with Gasteiger partial charge in [-0.2, -0.15) is 0 Å². The summed E-state index contributed by atoms with van der Waals surface area (Å²) < 4.78 is 4.59. The molecule has 1 heterocycles. The second-order valence-corrected chi connectivity index (χ2v) is 10.3. The Hall–Kier alpha value is -2.74. The molecular formula is C29H39NO6. The maximum atomic E-state index is 13.2. The maximum Gasteiger partial charge on any atom is 0.330 e. The number of esters is 1. The summed E-state index contributed by atoms with van der Waals surface area (Å²) in [6.45, 7) is 7.44. The summed E-state index contributed by atoms with van der Waals surface area (Å²) in [5.41, 5.74) is 0.901. The molecule has 1 aromatic carbocycles. The standard InChI is InChI=1S/C29H39NO6/c1-17(26(32)18(2)14-15-24(31)36-5)10-9-13-22-27(33)20(4)19(3)25-23(30-28(34)29(22,25)35)16-21-11-7-6-8-12-21/h6-9,11-15,17-18,22-23,25-27,32-33,35H,10,16H2,1-5H3,(H,30,34)/b13-9+,15-14+/t17-,18-,22-,23-,25-,26-,27+,29+/m0/s1. The Balaban J connectivity index is 1.78. The summed E-state index contributed by atoms with van der Waals surface area (Å²) in [4.78, 5) is 24.5. The van der Waals surface area contributed by atoms with E-state index >= 15 is 0 Å². The number of benzene rings is 1. The highest BCUT2D eigenvalue weighted by Gasteiger charge is 2.62. The van der Waals surface area contributed by atoms with Crippen LogP contribution in [0.15, 0.2) is 65.8 Å². The number of nitrogens with one attached hydrogen (secondary N) is 1. The number of carbonyl (C=O) groups excluding carboxylic acids is 2. The van der Waals surface area contributed by atoms with Crippen LogP contribution in [0.2, 0.25) is 0 Å². The second-order valence-electron chi connectivity index (χ2n) is 10.3. The molecule has 1 aromatic rings. The van der Waals surface area contributed by atoms with Gasteiger partial charge in [0.15, 0.2) is 5.60 Å². The van der Waals surface area contributed by atoms with Crippen molar-refractivity contribution >= 4 is 11.9 Å². The molecule has 1 aliphatic heterocycles. The van der Waals surface area contributed by atoms with E-state index in [0.29, 0.717) is 12.8 Å². The van der Waals surface area contributed by atoms with E-state index in [4.69, 9.17) is 0 Å². The van der Waals surface area contributed by atoms with Crippen molar-refractivity contribution in [3.63, 3.8) is 0 Å². The van der Waals surface area contributed by atoms with Crippen LogP contribution in [-0.4, -0.2) is 58.2 Å². The van der Waals surface area contributed by atoms with Crippen LogP contribution in [0.3, 0.4) is 0 Å². The first kappa shape index (κ1) is 27.8. The minimum atomic E-state index is -1.77. The number of ether oxygens (including phenoxy) is 1. The average molecular weight is 498 g/mol. The highest BCUT2D eigenvalue weighted by molar-refractivity contribution is 5.90. The van der Waals surface area contributed by atoms with Crippen molar-refractivity contribution in [2.75, 3.05) is 7.11 Å². The Morgan fingerprint density at radius 1 is 1.19 bits per heavy atom. The largest absolute Gasteiger partial charge is 0.466 e. The SMILES string of the molecule is COC(=O)/C=C/[C@H](C)[C@@H](O)[C@@H](C)C/C=C/[C@H]1[C@H](O)C(C)=C(C)[C@H]2[C@H](Cc3ccccc3)NC(=O)[C@@]12O. The van der Waals surface area contributed by atoms with E-state index in [-0.39, 0.29) is 17.9 Å². The van der Waals surface area contributed by atoms with Crippen molar-refractivity contribution in [1.29, 1.82) is 0 Å². The summed E-state index contributed by atoms with van der Waals surface area (Å²) in [5.74, 6) is -2.65. The summed E-state index contributed by atoms with van der Waals surface area (Å²) in [6.07, 6.45) is 5.79. The van der Waals surface area contributed by atoms with Crippen molar-refractivity contribution in [3.8, 4) is 0 Å². The highest BCUT2D eigenvalue weighted by atomic mass is 16.5. The van der Waals surface area contributed by atoms with Gasteiger partial charge in [0, 0.05) is 29.9 Å². The maximum absolute atomic E-state index is 13.2. The van der Waals surface area contributed by atoms with Crippen LogP contribution >= 0.6 is 0 Å². The number of carbonyl (C=O) groups is 2. The van der Waals surface area contributed by atoms with Gasteiger partial charge in [-0.3, -0.25) is 4.79 Å². The predicted octanol–water partition coefficient (Wildman–Crippen LogP) is 2.71. The van der Waals surface area contributed by atoms with E-state index < -0.39 is 41.5 Å². The van der Waals surface area contributed by atoms with Crippen LogP contribution in [0.25, 0.3) is 0 Å². The van der Waals surface area contributed by atoms with E-state index in [1.807, 2.05) is 64.1 Å². The minimum absolute atomic E-state index is 0.161. The van der Waals surface area contributed by atoms with Gasteiger partial charge in [-0.25, -0.2) is 4.79 Å². The molecule has 0 radical (unpaired) electrons. The third kappa shape index (κ3) is 5.48. The molecule has 1 aliphatic carbocycles. The molecular weight excluding hydrogens is 458 g/mol. The Morgan fingerprint density at radius 3 is 2.50 bits per heavy atom. The van der Waals surface area contributed by atoms with Crippen molar-refractivity contribution < 1.29 is 29.6 Å². The van der Waals surface area contributed by atoms with E-state index in [9.17, 15) is 24.9 Å². The highest BCUT2D eigenvalue weighted by Crippen LogP contribution is 2.48. The van der Waals surface area contributed by atoms with Crippen LogP contribution in [0.4, 0.5) is 0 Å². The molecule has 0 aromatic heterocycles. The molecule has 3 rings (SSSR count). The van der Waals surface area contributed by atoms with E-state index in [1.165, 1.54) is 13.2 Å². The quantitative estimate of drug-likeness (QED) is 0.237. The first-order valence-corrected chi connectivity index (χ1v) is 12.6. The zero-order chi connectivity index (χ0) is 26.6. The molecule has 7 nitrogen and oxygen atoms in total. The summed E-state index contributed by atoms with van der Waals surface area (Å²) in [5, 5.41) is 36.5. The Bertz CT molecular complexity index is 1030. The minimum Gasteiger partial charge on any atom is -0.466 e. The molecule has 2 aliphatic rings. The van der Waals surface area contributed by atoms with Gasteiger partial charge in [0.05, 0.1) is 19.3 Å². The molecule has 0 saturated carbocycles. The molecule has 36 heavy (non-hydrogen) atoms. The summed E-state index contributed by atoms with van der Waals surface area (Å²) >= 11 is 0. The predicted molar refractivity (Wildman–Crippen MR) is 138 cm³/mol. The first-order chi connectivity index (χ1) is 17.0. The van der Waals surface area contributed by atoms with Crippen molar-refractivity contribution in [2.24, 2.45) is 23.7 Å². The van der Waals surface area contributed by atoms with E-state index in [1.54, 1.807) is 12.2 Å². The number of hydrogen-bond acceptors (Lipinski definition) is 6. The fourth-order valence-electron chi connectivity index (χ4n) is 5.59. The second kappa shape index (κ2) is 11.5. The number of hydrogen-bond donors (Lipinski definition) is 4. The number of aliphatic hydroxyl groups is 3. The van der Waals surface area contributed by atoms with Gasteiger partial charge in [0.25, 0.3) is 5.91 Å². The third-order valence-corrected chi connectivity index (χ3v) is 7.95. The number of amides is 1. The van der Waals surface area contributed by atoms with Crippen LogP contribution < -0.4 is 5.32 Å². The lowest BCUT2D eigenvalue weighted by molar-refractivity contribution is -0.147. The number of aliphatic hydroxyl groups excluding tert-OH is 2. The topological polar surface area (TPSA) is 116 Å². The van der Waals surface area contributed by atoms with Crippen molar-refractivity contribution in [3.05, 3.63) is 71.3 Å². The fourth-order valence-corrected chi connectivity index (χ4v) is 5.59. The monoisotopic (exact) mass is 497 g/mol. The number of allylic oxidation sites excluding steroid dienone is 1. The Morgan fingerprint density at radius 2 is 1.86 bits per heavy atom. The van der Waals surface area contributed by atoms with Crippen LogP contribution in [0.1, 0.15) is 39.7 Å². The molecule has 0 spiro atoms. The first-order valence-electron chi connectivity index (χ1n) is 12.6. The van der Waals surface area contributed by atoms with Crippen LogP contribution in [0.5, 0.6) is 0 Å². The summed E-state index contributed by atoms with van der Waals surface area (Å²) in [6, 6.07) is 9.55. The van der Waals surface area contributed by atoms with Crippen LogP contribution in [-0.2, 0) is 20.7 Å². The smallest absolute Gasteiger partial charge is 0.330 e. The zero-order valence-electron chi connectivity index (χ0n) is 21.7. The van der Waals surface area contributed by atoms with Gasteiger partial charge in [0.2, 0.25) is 0 Å².